The van der Waals surface area contributed by atoms with Gasteiger partial charge in [-0.25, -0.2) is 4.39 Å². The molecule has 84 valence electrons. The van der Waals surface area contributed by atoms with E-state index in [-0.39, 0.29) is 12.4 Å². The molecule has 0 spiro atoms. The third-order valence-electron chi connectivity index (χ3n) is 2.25. The van der Waals surface area contributed by atoms with E-state index in [9.17, 15) is 4.39 Å². The minimum absolute atomic E-state index is 0.162. The smallest absolute Gasteiger partial charge is 0.123 e. The molecule has 0 amide bonds. The topological polar surface area (TPSA) is 32.7 Å². The van der Waals surface area contributed by atoms with Gasteiger partial charge in [-0.15, -0.1) is 0 Å². The van der Waals surface area contributed by atoms with E-state index in [1.165, 1.54) is 12.1 Å². The maximum Gasteiger partial charge on any atom is 0.123 e. The van der Waals surface area contributed by atoms with E-state index in [2.05, 4.69) is 0 Å². The third-order valence-corrected chi connectivity index (χ3v) is 2.25. The Morgan fingerprint density at radius 2 is 2.20 bits per heavy atom. The monoisotopic (exact) mass is 213 g/mol. The number of nitrogens with zero attached hydrogens (tertiary/aromatic N) is 1. The number of halogens is 1. The average Bonchev–Trinajstić information content (AvgIpc) is 2.25. The summed E-state index contributed by atoms with van der Waals surface area (Å²) in [6, 6.07) is 4.40. The van der Waals surface area contributed by atoms with Gasteiger partial charge < -0.3 is 14.7 Å². The summed E-state index contributed by atoms with van der Waals surface area (Å²) in [5.41, 5.74) is 1.42. The Morgan fingerprint density at radius 3 is 2.80 bits per heavy atom. The van der Waals surface area contributed by atoms with Crippen molar-refractivity contribution < 1.29 is 14.2 Å². The van der Waals surface area contributed by atoms with Gasteiger partial charge in [0.05, 0.1) is 13.2 Å². The molecule has 0 aromatic heterocycles. The summed E-state index contributed by atoms with van der Waals surface area (Å²) >= 11 is 0. The van der Waals surface area contributed by atoms with Crippen molar-refractivity contribution in [2.24, 2.45) is 0 Å². The Balaban J connectivity index is 2.82. The van der Waals surface area contributed by atoms with Gasteiger partial charge in [0.1, 0.15) is 5.82 Å². The van der Waals surface area contributed by atoms with Gasteiger partial charge in [0.25, 0.3) is 0 Å². The second kappa shape index (κ2) is 5.68. The van der Waals surface area contributed by atoms with Crippen LogP contribution in [0.5, 0.6) is 0 Å². The molecular formula is C11H16FNO2. The summed E-state index contributed by atoms with van der Waals surface area (Å²) in [4.78, 5) is 1.93. The summed E-state index contributed by atoms with van der Waals surface area (Å²) in [6.45, 7) is 1.14. The predicted octanol–water partition coefficient (Wildman–Crippen LogP) is 1.40. The molecule has 3 nitrogen and oxygen atoms in total. The van der Waals surface area contributed by atoms with Gasteiger partial charge in [-0.1, -0.05) is 0 Å². The molecule has 0 unspecified atom stereocenters. The number of hydrogen-bond donors (Lipinski definition) is 1. The highest BCUT2D eigenvalue weighted by atomic mass is 19.1. The number of methoxy groups -OCH3 is 1. The highest BCUT2D eigenvalue weighted by molar-refractivity contribution is 5.52. The molecule has 0 bridgehead atoms. The van der Waals surface area contributed by atoms with Crippen molar-refractivity contribution >= 4 is 5.69 Å². The fraction of sp³-hybridized carbons (Fsp3) is 0.455. The lowest BCUT2D eigenvalue weighted by atomic mass is 10.1. The first-order valence-electron chi connectivity index (χ1n) is 4.78. The molecule has 0 aliphatic carbocycles. The number of anilines is 1. The minimum atomic E-state index is -0.331. The Morgan fingerprint density at radius 1 is 1.47 bits per heavy atom. The van der Waals surface area contributed by atoms with Crippen molar-refractivity contribution in [3.05, 3.63) is 29.6 Å². The van der Waals surface area contributed by atoms with Crippen LogP contribution in [0.25, 0.3) is 0 Å². The lowest BCUT2D eigenvalue weighted by Gasteiger charge is -2.21. The van der Waals surface area contributed by atoms with E-state index in [0.29, 0.717) is 18.7 Å². The van der Waals surface area contributed by atoms with Crippen LogP contribution in [-0.4, -0.2) is 32.4 Å². The number of aliphatic hydroxyl groups is 1. The zero-order valence-corrected chi connectivity index (χ0v) is 9.03. The van der Waals surface area contributed by atoms with Crippen molar-refractivity contribution in [3.63, 3.8) is 0 Å². The standard InChI is InChI=1S/C11H16FNO2/c1-13(5-6-15-2)11-4-3-10(12)7-9(11)8-14/h3-4,7,14H,5-6,8H2,1-2H3. The van der Waals surface area contributed by atoms with Crippen LogP contribution in [0.2, 0.25) is 0 Å². The Hall–Kier alpha value is -1.13. The molecule has 4 heteroatoms. The second-order valence-electron chi connectivity index (χ2n) is 3.35. The van der Waals surface area contributed by atoms with Gasteiger partial charge >= 0.3 is 0 Å². The number of likely N-dealkylation sites (N-methyl/N-ethyl adjacent to an activating group) is 1. The number of aliphatic hydroxyl groups excluding tert-OH is 1. The maximum absolute atomic E-state index is 12.9. The van der Waals surface area contributed by atoms with Crippen molar-refractivity contribution in [2.75, 3.05) is 32.2 Å². The van der Waals surface area contributed by atoms with Crippen molar-refractivity contribution in [1.82, 2.24) is 0 Å². The fourth-order valence-electron chi connectivity index (χ4n) is 1.40. The van der Waals surface area contributed by atoms with Crippen LogP contribution in [0.15, 0.2) is 18.2 Å². The zero-order valence-electron chi connectivity index (χ0n) is 9.03. The van der Waals surface area contributed by atoms with Crippen molar-refractivity contribution in [3.8, 4) is 0 Å². The minimum Gasteiger partial charge on any atom is -0.392 e. The lowest BCUT2D eigenvalue weighted by molar-refractivity contribution is 0.206. The van der Waals surface area contributed by atoms with Crippen LogP contribution in [0.4, 0.5) is 10.1 Å². The molecule has 1 aromatic rings. The number of hydrogen-bond acceptors (Lipinski definition) is 3. The zero-order chi connectivity index (χ0) is 11.3. The van der Waals surface area contributed by atoms with E-state index >= 15 is 0 Å². The highest BCUT2D eigenvalue weighted by Crippen LogP contribution is 2.20. The quantitative estimate of drug-likeness (QED) is 0.802. The molecule has 1 N–H and O–H groups in total. The van der Waals surface area contributed by atoms with E-state index in [4.69, 9.17) is 9.84 Å². The molecule has 0 saturated carbocycles. The third kappa shape index (κ3) is 3.18. The first-order valence-corrected chi connectivity index (χ1v) is 4.78. The van der Waals surface area contributed by atoms with Crippen LogP contribution in [0.1, 0.15) is 5.56 Å². The summed E-state index contributed by atoms with van der Waals surface area (Å²) in [7, 11) is 3.51. The van der Waals surface area contributed by atoms with E-state index < -0.39 is 0 Å². The lowest BCUT2D eigenvalue weighted by Crippen LogP contribution is -2.23. The normalized spacial score (nSPS) is 10.4. The van der Waals surface area contributed by atoms with Crippen molar-refractivity contribution in [2.45, 2.75) is 6.61 Å². The van der Waals surface area contributed by atoms with Crippen LogP contribution in [0, 0.1) is 5.82 Å². The molecule has 0 saturated heterocycles. The van der Waals surface area contributed by atoms with Crippen LogP contribution < -0.4 is 4.90 Å². The largest absolute Gasteiger partial charge is 0.392 e. The maximum atomic E-state index is 12.9. The predicted molar refractivity (Wildman–Crippen MR) is 57.5 cm³/mol. The summed E-state index contributed by atoms with van der Waals surface area (Å²) in [5.74, 6) is -0.331. The molecule has 0 atom stereocenters. The average molecular weight is 213 g/mol. The Labute approximate surface area is 89.1 Å². The number of benzene rings is 1. The first kappa shape index (κ1) is 11.9. The van der Waals surface area contributed by atoms with Gasteiger partial charge in [-0.3, -0.25) is 0 Å². The fourth-order valence-corrected chi connectivity index (χ4v) is 1.40. The van der Waals surface area contributed by atoms with Gasteiger partial charge in [-0.2, -0.15) is 0 Å². The molecule has 0 aliphatic rings. The van der Waals surface area contributed by atoms with Crippen molar-refractivity contribution in [1.29, 1.82) is 0 Å². The van der Waals surface area contributed by atoms with E-state index in [0.717, 1.165) is 5.69 Å². The Bertz CT molecular complexity index is 317. The van der Waals surface area contributed by atoms with Gasteiger partial charge in [-0.05, 0) is 18.2 Å². The second-order valence-corrected chi connectivity index (χ2v) is 3.35. The highest BCUT2D eigenvalue weighted by Gasteiger charge is 2.07. The Kier molecular flexibility index (Phi) is 4.52. The van der Waals surface area contributed by atoms with Gasteiger partial charge in [0.2, 0.25) is 0 Å². The molecule has 1 rings (SSSR count). The summed E-state index contributed by atoms with van der Waals surface area (Å²) in [6.07, 6.45) is 0. The molecule has 1 aromatic carbocycles. The number of ether oxygens (including phenoxy) is 1. The first-order chi connectivity index (χ1) is 7.19. The summed E-state index contributed by atoms with van der Waals surface area (Å²) < 4.78 is 17.8. The molecular weight excluding hydrogens is 197 g/mol. The summed E-state index contributed by atoms with van der Waals surface area (Å²) in [5, 5.41) is 9.09. The van der Waals surface area contributed by atoms with Gasteiger partial charge in [0.15, 0.2) is 0 Å². The van der Waals surface area contributed by atoms with E-state index in [1.807, 2.05) is 11.9 Å². The molecule has 0 radical (unpaired) electrons. The van der Waals surface area contributed by atoms with Crippen LogP contribution in [0.3, 0.4) is 0 Å². The molecule has 0 heterocycles. The molecule has 0 fully saturated rings. The van der Waals surface area contributed by atoms with Crippen LogP contribution >= 0.6 is 0 Å². The SMILES string of the molecule is COCCN(C)c1ccc(F)cc1CO. The van der Waals surface area contributed by atoms with Crippen LogP contribution in [-0.2, 0) is 11.3 Å². The number of rotatable bonds is 5. The molecule has 0 aliphatic heterocycles. The van der Waals surface area contributed by atoms with E-state index in [1.54, 1.807) is 13.2 Å². The van der Waals surface area contributed by atoms with Gasteiger partial charge in [0, 0.05) is 32.0 Å². The molecule has 15 heavy (non-hydrogen) atoms.